The number of ether oxygens (including phenoxy) is 1. The van der Waals surface area contributed by atoms with Crippen molar-refractivity contribution in [2.75, 3.05) is 6.61 Å². The van der Waals surface area contributed by atoms with Crippen LogP contribution in [-0.2, 0) is 0 Å². The smallest absolute Gasteiger partial charge is 0.273 e. The molecule has 0 spiro atoms. The number of phenolic OH excluding ortho intramolecular Hbond substituents is 1. The van der Waals surface area contributed by atoms with Gasteiger partial charge in [-0.25, -0.2) is 0 Å². The molecule has 6 nitrogen and oxygen atoms in total. The van der Waals surface area contributed by atoms with E-state index in [1.54, 1.807) is 24.3 Å². The molecule has 0 aliphatic heterocycles. The molecule has 0 unspecified atom stereocenters. The zero-order valence-corrected chi connectivity index (χ0v) is 12.0. The topological polar surface area (TPSA) is 87.7 Å². The SMILES string of the molecule is CCOc1ccccc1C(=O)NNC(=O)c1cccc(O)c1. The quantitative estimate of drug-likeness (QED) is 0.752. The van der Waals surface area contributed by atoms with Crippen LogP contribution in [0.1, 0.15) is 27.6 Å². The van der Waals surface area contributed by atoms with Gasteiger partial charge < -0.3 is 9.84 Å². The Morgan fingerprint density at radius 2 is 1.77 bits per heavy atom. The van der Waals surface area contributed by atoms with E-state index in [-0.39, 0.29) is 11.3 Å². The number of para-hydroxylation sites is 1. The lowest BCUT2D eigenvalue weighted by atomic mass is 10.2. The normalized spacial score (nSPS) is 9.86. The number of carbonyl (C=O) groups excluding carboxylic acids is 2. The molecule has 0 fully saturated rings. The van der Waals surface area contributed by atoms with E-state index in [9.17, 15) is 14.7 Å². The molecule has 0 bridgehead atoms. The maximum atomic E-state index is 12.1. The number of hydrogen-bond acceptors (Lipinski definition) is 4. The van der Waals surface area contributed by atoms with Crippen LogP contribution in [0.5, 0.6) is 11.5 Å². The Kier molecular flexibility index (Phi) is 4.98. The van der Waals surface area contributed by atoms with Crippen molar-refractivity contribution in [1.29, 1.82) is 0 Å². The molecule has 3 N–H and O–H groups in total. The first-order valence-electron chi connectivity index (χ1n) is 6.73. The Balaban J connectivity index is 2.02. The molecular formula is C16H16N2O4. The van der Waals surface area contributed by atoms with Gasteiger partial charge in [0.25, 0.3) is 11.8 Å². The minimum atomic E-state index is -0.529. The van der Waals surface area contributed by atoms with E-state index in [4.69, 9.17) is 4.74 Å². The summed E-state index contributed by atoms with van der Waals surface area (Å²) < 4.78 is 5.36. The third kappa shape index (κ3) is 3.76. The van der Waals surface area contributed by atoms with Gasteiger partial charge in [0, 0.05) is 5.56 Å². The Bertz CT molecular complexity index is 685. The summed E-state index contributed by atoms with van der Waals surface area (Å²) in [4.78, 5) is 24.0. The fourth-order valence-electron chi connectivity index (χ4n) is 1.84. The molecule has 0 aromatic heterocycles. The number of carbonyl (C=O) groups is 2. The van der Waals surface area contributed by atoms with Gasteiger partial charge >= 0.3 is 0 Å². The highest BCUT2D eigenvalue weighted by atomic mass is 16.5. The fraction of sp³-hybridized carbons (Fsp3) is 0.125. The lowest BCUT2D eigenvalue weighted by Crippen LogP contribution is -2.41. The number of benzene rings is 2. The third-order valence-electron chi connectivity index (χ3n) is 2.83. The number of hydrogen-bond donors (Lipinski definition) is 3. The number of rotatable bonds is 4. The highest BCUT2D eigenvalue weighted by molar-refractivity contribution is 6.00. The van der Waals surface area contributed by atoms with Crippen LogP contribution in [0.15, 0.2) is 48.5 Å². The lowest BCUT2D eigenvalue weighted by molar-refractivity contribution is 0.0844. The number of phenols is 1. The predicted molar refractivity (Wildman–Crippen MR) is 80.7 cm³/mol. The second-order valence-electron chi connectivity index (χ2n) is 4.39. The van der Waals surface area contributed by atoms with Crippen molar-refractivity contribution >= 4 is 11.8 Å². The molecular weight excluding hydrogens is 284 g/mol. The number of amides is 2. The van der Waals surface area contributed by atoms with Gasteiger partial charge in [-0.1, -0.05) is 18.2 Å². The van der Waals surface area contributed by atoms with E-state index in [1.165, 1.54) is 24.3 Å². The Hall–Kier alpha value is -3.02. The summed E-state index contributed by atoms with van der Waals surface area (Å²) in [5, 5.41) is 9.33. The number of aromatic hydroxyl groups is 1. The summed E-state index contributed by atoms with van der Waals surface area (Å²) in [7, 11) is 0. The molecule has 2 aromatic rings. The van der Waals surface area contributed by atoms with Crippen molar-refractivity contribution in [3.8, 4) is 11.5 Å². The second kappa shape index (κ2) is 7.12. The van der Waals surface area contributed by atoms with Gasteiger partial charge in [0.2, 0.25) is 0 Å². The molecule has 0 radical (unpaired) electrons. The van der Waals surface area contributed by atoms with Crippen LogP contribution in [0.2, 0.25) is 0 Å². The van der Waals surface area contributed by atoms with Gasteiger partial charge in [-0.3, -0.25) is 20.4 Å². The molecule has 0 saturated heterocycles. The molecule has 114 valence electrons. The molecule has 0 heterocycles. The van der Waals surface area contributed by atoms with Crippen molar-refractivity contribution in [3.05, 3.63) is 59.7 Å². The molecule has 6 heteroatoms. The van der Waals surface area contributed by atoms with Crippen LogP contribution < -0.4 is 15.6 Å². The van der Waals surface area contributed by atoms with Gasteiger partial charge in [-0.05, 0) is 37.3 Å². The van der Waals surface area contributed by atoms with Gasteiger partial charge in [0.1, 0.15) is 11.5 Å². The average Bonchev–Trinajstić information content (AvgIpc) is 2.53. The van der Waals surface area contributed by atoms with Crippen LogP contribution >= 0.6 is 0 Å². The van der Waals surface area contributed by atoms with E-state index in [0.29, 0.717) is 17.9 Å². The van der Waals surface area contributed by atoms with Gasteiger partial charge in [-0.2, -0.15) is 0 Å². The summed E-state index contributed by atoms with van der Waals surface area (Å²) >= 11 is 0. The van der Waals surface area contributed by atoms with Crippen LogP contribution in [0.25, 0.3) is 0 Å². The average molecular weight is 300 g/mol. The fourth-order valence-corrected chi connectivity index (χ4v) is 1.84. The Labute approximate surface area is 127 Å². The molecule has 0 atom stereocenters. The zero-order valence-electron chi connectivity index (χ0n) is 12.0. The summed E-state index contributed by atoms with van der Waals surface area (Å²) in [6, 6.07) is 12.5. The summed E-state index contributed by atoms with van der Waals surface area (Å²) in [6.07, 6.45) is 0. The first kappa shape index (κ1) is 15.4. The van der Waals surface area contributed by atoms with Gasteiger partial charge in [0.05, 0.1) is 12.2 Å². The van der Waals surface area contributed by atoms with Gasteiger partial charge in [0.15, 0.2) is 0 Å². The van der Waals surface area contributed by atoms with E-state index in [1.807, 2.05) is 6.92 Å². The van der Waals surface area contributed by atoms with E-state index >= 15 is 0 Å². The molecule has 2 rings (SSSR count). The Morgan fingerprint density at radius 1 is 1.05 bits per heavy atom. The van der Waals surface area contributed by atoms with Gasteiger partial charge in [-0.15, -0.1) is 0 Å². The van der Waals surface area contributed by atoms with E-state index < -0.39 is 11.8 Å². The predicted octanol–water partition coefficient (Wildman–Crippen LogP) is 1.87. The van der Waals surface area contributed by atoms with Crippen molar-refractivity contribution in [2.24, 2.45) is 0 Å². The van der Waals surface area contributed by atoms with Crippen molar-refractivity contribution in [1.82, 2.24) is 10.9 Å². The highest BCUT2D eigenvalue weighted by Gasteiger charge is 2.13. The minimum absolute atomic E-state index is 0.0272. The lowest BCUT2D eigenvalue weighted by Gasteiger charge is -2.11. The number of hydrazine groups is 1. The first-order valence-corrected chi connectivity index (χ1v) is 6.73. The first-order chi connectivity index (χ1) is 10.6. The van der Waals surface area contributed by atoms with Crippen LogP contribution in [0.4, 0.5) is 0 Å². The maximum absolute atomic E-state index is 12.1. The largest absolute Gasteiger partial charge is 0.508 e. The summed E-state index contributed by atoms with van der Waals surface area (Å²) in [5.74, 6) is -0.606. The van der Waals surface area contributed by atoms with Crippen LogP contribution in [0.3, 0.4) is 0 Å². The number of nitrogens with one attached hydrogen (secondary N) is 2. The summed E-state index contributed by atoms with van der Waals surface area (Å²) in [6.45, 7) is 2.25. The van der Waals surface area contributed by atoms with Crippen molar-refractivity contribution in [3.63, 3.8) is 0 Å². The minimum Gasteiger partial charge on any atom is -0.508 e. The molecule has 0 aliphatic rings. The highest BCUT2D eigenvalue weighted by Crippen LogP contribution is 2.17. The molecule has 22 heavy (non-hydrogen) atoms. The van der Waals surface area contributed by atoms with E-state index in [2.05, 4.69) is 10.9 Å². The molecule has 2 amide bonds. The maximum Gasteiger partial charge on any atom is 0.273 e. The van der Waals surface area contributed by atoms with Crippen LogP contribution in [0, 0.1) is 0 Å². The van der Waals surface area contributed by atoms with E-state index in [0.717, 1.165) is 0 Å². The standard InChI is InChI=1S/C16H16N2O4/c1-2-22-14-9-4-3-8-13(14)16(21)18-17-15(20)11-6-5-7-12(19)10-11/h3-10,19H,2H2,1H3,(H,17,20)(H,18,21). The zero-order chi connectivity index (χ0) is 15.9. The second-order valence-corrected chi connectivity index (χ2v) is 4.39. The third-order valence-corrected chi connectivity index (χ3v) is 2.83. The molecule has 0 saturated carbocycles. The monoisotopic (exact) mass is 300 g/mol. The summed E-state index contributed by atoms with van der Waals surface area (Å²) in [5.41, 5.74) is 5.16. The van der Waals surface area contributed by atoms with Crippen LogP contribution in [-0.4, -0.2) is 23.5 Å². The van der Waals surface area contributed by atoms with Crippen molar-refractivity contribution in [2.45, 2.75) is 6.92 Å². The Morgan fingerprint density at radius 3 is 2.50 bits per heavy atom. The van der Waals surface area contributed by atoms with Crippen molar-refractivity contribution < 1.29 is 19.4 Å². The molecule has 2 aromatic carbocycles. The molecule has 0 aliphatic carbocycles.